The molecule has 0 radical (unpaired) electrons. The van der Waals surface area contributed by atoms with E-state index in [1.54, 1.807) is 35.5 Å². The summed E-state index contributed by atoms with van der Waals surface area (Å²) in [4.78, 5) is 25.2. The lowest BCUT2D eigenvalue weighted by Crippen LogP contribution is -2.53. The molecule has 4 heterocycles. The Morgan fingerprint density at radius 2 is 1.97 bits per heavy atom. The van der Waals surface area contributed by atoms with Crippen molar-refractivity contribution in [1.82, 2.24) is 40.0 Å². The van der Waals surface area contributed by atoms with Gasteiger partial charge in [-0.2, -0.15) is 0 Å². The van der Waals surface area contributed by atoms with Crippen LogP contribution in [0.25, 0.3) is 0 Å². The average molecular weight is 427 g/mol. The standard InChI is InChI=1S/C19H19ClN8O2/c20-15-3-1-2-4-17(15)30-18-8-21-16(7-22-18)13-9-27(10-13)19(29)26-6-5-14(11-26)28-12-23-24-25-28/h1-4,7-8,12-14H,5-6,9-11H2/t14-/m0/s1. The minimum Gasteiger partial charge on any atom is -0.436 e. The van der Waals surface area contributed by atoms with Gasteiger partial charge in [-0.05, 0) is 29.0 Å². The third kappa shape index (κ3) is 3.65. The lowest BCUT2D eigenvalue weighted by atomic mass is 9.97. The van der Waals surface area contributed by atoms with E-state index in [1.165, 1.54) is 0 Å². The highest BCUT2D eigenvalue weighted by Crippen LogP contribution is 2.31. The minimum atomic E-state index is 0.0495. The zero-order valence-corrected chi connectivity index (χ0v) is 16.8. The van der Waals surface area contributed by atoms with Crippen LogP contribution in [0.5, 0.6) is 11.6 Å². The molecule has 1 aromatic carbocycles. The second-order valence-corrected chi connectivity index (χ2v) is 7.78. The highest BCUT2D eigenvalue weighted by atomic mass is 35.5. The van der Waals surface area contributed by atoms with Crippen LogP contribution in [0.15, 0.2) is 43.0 Å². The predicted molar refractivity (Wildman–Crippen MR) is 106 cm³/mol. The highest BCUT2D eigenvalue weighted by Gasteiger charge is 2.38. The molecule has 2 fully saturated rings. The summed E-state index contributed by atoms with van der Waals surface area (Å²) < 4.78 is 7.39. The first-order chi connectivity index (χ1) is 14.7. The molecule has 0 unspecified atom stereocenters. The summed E-state index contributed by atoms with van der Waals surface area (Å²) in [5, 5.41) is 11.8. The molecule has 11 heteroatoms. The number of halogens is 1. The van der Waals surface area contributed by atoms with E-state index in [9.17, 15) is 4.79 Å². The first-order valence-electron chi connectivity index (χ1n) is 9.68. The number of urea groups is 1. The summed E-state index contributed by atoms with van der Waals surface area (Å²) in [5.74, 6) is 1.09. The Labute approximate surface area is 177 Å². The lowest BCUT2D eigenvalue weighted by Gasteiger charge is -2.40. The SMILES string of the molecule is O=C(N1CC(c2cnc(Oc3ccccc3Cl)cn2)C1)N1CC[C@H](n2cnnn2)C1. The van der Waals surface area contributed by atoms with E-state index in [1.807, 2.05) is 21.9 Å². The number of rotatable bonds is 4. The summed E-state index contributed by atoms with van der Waals surface area (Å²) in [5.41, 5.74) is 0.846. The van der Waals surface area contributed by atoms with Crippen molar-refractivity contribution in [3.63, 3.8) is 0 Å². The van der Waals surface area contributed by atoms with Gasteiger partial charge in [0.1, 0.15) is 12.1 Å². The van der Waals surface area contributed by atoms with Crippen LogP contribution in [0, 0.1) is 0 Å². The smallest absolute Gasteiger partial charge is 0.320 e. The third-order valence-electron chi connectivity index (χ3n) is 5.44. The fourth-order valence-corrected chi connectivity index (χ4v) is 3.89. The molecule has 1 atom stereocenters. The number of hydrogen-bond acceptors (Lipinski definition) is 7. The molecule has 0 spiro atoms. The number of nitrogens with zero attached hydrogens (tertiary/aromatic N) is 8. The van der Waals surface area contributed by atoms with Gasteiger partial charge in [0.2, 0.25) is 5.88 Å². The Kier molecular flexibility index (Phi) is 4.91. The third-order valence-corrected chi connectivity index (χ3v) is 5.75. The molecular formula is C19H19ClN8O2. The molecule has 5 rings (SSSR count). The molecular weight excluding hydrogens is 408 g/mol. The van der Waals surface area contributed by atoms with Crippen LogP contribution in [0.4, 0.5) is 4.79 Å². The van der Waals surface area contributed by atoms with Crippen LogP contribution < -0.4 is 4.74 Å². The van der Waals surface area contributed by atoms with Crippen molar-refractivity contribution in [3.05, 3.63) is 53.7 Å². The fourth-order valence-electron chi connectivity index (χ4n) is 3.72. The van der Waals surface area contributed by atoms with Crippen molar-refractivity contribution in [2.24, 2.45) is 0 Å². The van der Waals surface area contributed by atoms with Crippen molar-refractivity contribution < 1.29 is 9.53 Å². The Balaban J connectivity index is 1.14. The Hall–Kier alpha value is -3.27. The number of carbonyl (C=O) groups is 1. The van der Waals surface area contributed by atoms with E-state index in [0.717, 1.165) is 12.1 Å². The summed E-state index contributed by atoms with van der Waals surface area (Å²) in [6, 6.07) is 7.39. The van der Waals surface area contributed by atoms with E-state index in [4.69, 9.17) is 16.3 Å². The van der Waals surface area contributed by atoms with Gasteiger partial charge >= 0.3 is 6.03 Å². The summed E-state index contributed by atoms with van der Waals surface area (Å²) in [7, 11) is 0. The molecule has 0 bridgehead atoms. The second-order valence-electron chi connectivity index (χ2n) is 7.37. The maximum atomic E-state index is 12.7. The summed E-state index contributed by atoms with van der Waals surface area (Å²) >= 11 is 6.10. The van der Waals surface area contributed by atoms with E-state index >= 15 is 0 Å². The molecule has 0 N–H and O–H groups in total. The monoisotopic (exact) mass is 426 g/mol. The van der Waals surface area contributed by atoms with E-state index in [-0.39, 0.29) is 18.0 Å². The molecule has 2 aliphatic rings. The van der Waals surface area contributed by atoms with E-state index < -0.39 is 0 Å². The van der Waals surface area contributed by atoms with Gasteiger partial charge in [-0.3, -0.25) is 4.98 Å². The lowest BCUT2D eigenvalue weighted by molar-refractivity contribution is 0.119. The zero-order valence-electron chi connectivity index (χ0n) is 16.0. The topological polar surface area (TPSA) is 102 Å². The highest BCUT2D eigenvalue weighted by molar-refractivity contribution is 6.32. The predicted octanol–water partition coefficient (Wildman–Crippen LogP) is 2.38. The first-order valence-corrected chi connectivity index (χ1v) is 10.1. The van der Waals surface area contributed by atoms with Crippen molar-refractivity contribution >= 4 is 17.6 Å². The number of para-hydroxylation sites is 1. The molecule has 3 aromatic rings. The molecule has 10 nitrogen and oxygen atoms in total. The van der Waals surface area contributed by atoms with Crippen LogP contribution in [0.1, 0.15) is 24.1 Å². The van der Waals surface area contributed by atoms with Gasteiger partial charge in [0.25, 0.3) is 0 Å². The zero-order chi connectivity index (χ0) is 20.5. The van der Waals surface area contributed by atoms with Crippen molar-refractivity contribution in [2.45, 2.75) is 18.4 Å². The quantitative estimate of drug-likeness (QED) is 0.631. The number of tetrazole rings is 1. The maximum absolute atomic E-state index is 12.7. The summed E-state index contributed by atoms with van der Waals surface area (Å²) in [6.45, 7) is 2.59. The Bertz CT molecular complexity index is 1020. The number of hydrogen-bond donors (Lipinski definition) is 0. The molecule has 2 aliphatic heterocycles. The van der Waals surface area contributed by atoms with Gasteiger partial charge in [0.05, 0.1) is 29.2 Å². The second kappa shape index (κ2) is 7.86. The molecule has 30 heavy (non-hydrogen) atoms. The van der Waals surface area contributed by atoms with Crippen molar-refractivity contribution in [1.29, 1.82) is 0 Å². The Morgan fingerprint density at radius 3 is 2.70 bits per heavy atom. The van der Waals surface area contributed by atoms with Crippen LogP contribution in [0.3, 0.4) is 0 Å². The number of carbonyl (C=O) groups excluding carboxylic acids is 1. The molecule has 2 saturated heterocycles. The van der Waals surface area contributed by atoms with E-state index in [2.05, 4.69) is 25.5 Å². The molecule has 2 amide bonds. The van der Waals surface area contributed by atoms with Crippen LogP contribution in [0.2, 0.25) is 5.02 Å². The largest absolute Gasteiger partial charge is 0.436 e. The number of likely N-dealkylation sites (tertiary alicyclic amines) is 2. The summed E-state index contributed by atoms with van der Waals surface area (Å²) in [6.07, 6.45) is 5.73. The number of ether oxygens (including phenoxy) is 1. The molecule has 0 aliphatic carbocycles. The first kappa shape index (κ1) is 18.7. The minimum absolute atomic E-state index is 0.0495. The van der Waals surface area contributed by atoms with Crippen LogP contribution in [-0.2, 0) is 0 Å². The van der Waals surface area contributed by atoms with Gasteiger partial charge in [-0.1, -0.05) is 23.7 Å². The number of benzene rings is 1. The van der Waals surface area contributed by atoms with Gasteiger partial charge in [-0.15, -0.1) is 5.10 Å². The molecule has 154 valence electrons. The van der Waals surface area contributed by atoms with Crippen LogP contribution in [-0.4, -0.2) is 72.2 Å². The van der Waals surface area contributed by atoms with Crippen molar-refractivity contribution in [2.75, 3.05) is 26.2 Å². The fraction of sp³-hybridized carbons (Fsp3) is 0.368. The average Bonchev–Trinajstić information content (AvgIpc) is 3.41. The van der Waals surface area contributed by atoms with Crippen molar-refractivity contribution in [3.8, 4) is 11.6 Å². The maximum Gasteiger partial charge on any atom is 0.320 e. The van der Waals surface area contributed by atoms with Gasteiger partial charge in [0.15, 0.2) is 0 Å². The van der Waals surface area contributed by atoms with Crippen LogP contribution >= 0.6 is 11.6 Å². The van der Waals surface area contributed by atoms with Gasteiger partial charge < -0.3 is 14.5 Å². The van der Waals surface area contributed by atoms with Gasteiger partial charge in [0, 0.05) is 32.1 Å². The number of aromatic nitrogens is 6. The normalized spacial score (nSPS) is 19.0. The van der Waals surface area contributed by atoms with Gasteiger partial charge in [-0.25, -0.2) is 14.5 Å². The molecule has 2 aromatic heterocycles. The molecule has 0 saturated carbocycles. The Morgan fingerprint density at radius 1 is 1.10 bits per heavy atom. The van der Waals surface area contributed by atoms with E-state index in [0.29, 0.717) is 42.8 Å². The number of amides is 2.